The van der Waals surface area contributed by atoms with Crippen LogP contribution in [-0.2, 0) is 6.54 Å². The molecule has 0 unspecified atom stereocenters. The predicted molar refractivity (Wildman–Crippen MR) is 115 cm³/mol. The summed E-state index contributed by atoms with van der Waals surface area (Å²) in [5, 5.41) is 0. The van der Waals surface area contributed by atoms with E-state index in [2.05, 4.69) is 79.2 Å². The highest BCUT2D eigenvalue weighted by Gasteiger charge is 2.25. The van der Waals surface area contributed by atoms with Gasteiger partial charge in [-0.3, -0.25) is 9.47 Å². The van der Waals surface area contributed by atoms with Crippen molar-refractivity contribution in [3.8, 4) is 11.3 Å². The number of nitrogens with one attached hydrogen (secondary N) is 1. The van der Waals surface area contributed by atoms with E-state index >= 15 is 0 Å². The Kier molecular flexibility index (Phi) is 5.23. The molecule has 0 saturated carbocycles. The van der Waals surface area contributed by atoms with Gasteiger partial charge in [0.25, 0.3) is 0 Å². The first kappa shape index (κ1) is 18.8. The van der Waals surface area contributed by atoms with Crippen LogP contribution in [0.15, 0.2) is 53.3 Å². The molecule has 1 aliphatic heterocycles. The maximum absolute atomic E-state index is 12.7. The molecule has 4 heteroatoms. The summed E-state index contributed by atoms with van der Waals surface area (Å²) in [7, 11) is 0. The lowest BCUT2D eigenvalue weighted by atomic mass is 10.0. The molecule has 0 aliphatic carbocycles. The molecule has 1 N–H and O–H groups in total. The van der Waals surface area contributed by atoms with E-state index in [9.17, 15) is 4.79 Å². The van der Waals surface area contributed by atoms with Gasteiger partial charge in [0.1, 0.15) is 0 Å². The normalized spacial score (nSPS) is 15.8. The van der Waals surface area contributed by atoms with Gasteiger partial charge < -0.3 is 4.98 Å². The highest BCUT2D eigenvalue weighted by Crippen LogP contribution is 2.28. The van der Waals surface area contributed by atoms with E-state index in [0.717, 1.165) is 49.4 Å². The van der Waals surface area contributed by atoms with E-state index < -0.39 is 0 Å². The Labute approximate surface area is 166 Å². The Hall–Kier alpha value is -2.59. The summed E-state index contributed by atoms with van der Waals surface area (Å²) in [4.78, 5) is 18.3. The molecule has 1 aliphatic rings. The van der Waals surface area contributed by atoms with Gasteiger partial charge in [0.15, 0.2) is 0 Å². The average Bonchev–Trinajstić information content (AvgIpc) is 2.99. The standard InChI is InChI=1S/C24H29N3O/c1-17-8-10-20(11-9-17)23-19(3)27(24(28)25-23)22-12-14-26(15-13-22)16-21-7-5-4-6-18(21)2/h4-11,22H,12-16H2,1-3H3,(H,25,28). The zero-order valence-electron chi connectivity index (χ0n) is 17.0. The maximum Gasteiger partial charge on any atom is 0.326 e. The van der Waals surface area contributed by atoms with Gasteiger partial charge in [-0.15, -0.1) is 0 Å². The molecular formula is C24H29N3O. The van der Waals surface area contributed by atoms with Crippen LogP contribution in [0.3, 0.4) is 0 Å². The molecule has 28 heavy (non-hydrogen) atoms. The number of hydrogen-bond acceptors (Lipinski definition) is 2. The van der Waals surface area contributed by atoms with Crippen LogP contribution < -0.4 is 5.69 Å². The van der Waals surface area contributed by atoms with E-state index in [4.69, 9.17) is 0 Å². The zero-order valence-corrected chi connectivity index (χ0v) is 17.0. The van der Waals surface area contributed by atoms with Crippen molar-refractivity contribution in [2.24, 2.45) is 0 Å². The number of nitrogens with zero attached hydrogens (tertiary/aromatic N) is 2. The van der Waals surface area contributed by atoms with Gasteiger partial charge in [0.05, 0.1) is 5.69 Å². The summed E-state index contributed by atoms with van der Waals surface area (Å²) in [5.41, 5.74) is 7.08. The van der Waals surface area contributed by atoms with Crippen molar-refractivity contribution in [2.75, 3.05) is 13.1 Å². The SMILES string of the molecule is Cc1ccc(-c2[nH]c(=O)n(C3CCN(Cc4ccccc4C)CC3)c2C)cc1. The molecule has 2 aromatic carbocycles. The molecule has 4 rings (SSSR count). The minimum atomic E-state index is 0.0189. The minimum Gasteiger partial charge on any atom is -0.305 e. The first-order valence-electron chi connectivity index (χ1n) is 10.2. The van der Waals surface area contributed by atoms with Gasteiger partial charge in [-0.25, -0.2) is 4.79 Å². The number of imidazole rings is 1. The molecule has 1 fully saturated rings. The van der Waals surface area contributed by atoms with Crippen molar-refractivity contribution in [1.29, 1.82) is 0 Å². The summed E-state index contributed by atoms with van der Waals surface area (Å²) < 4.78 is 1.99. The largest absolute Gasteiger partial charge is 0.326 e. The van der Waals surface area contributed by atoms with E-state index in [-0.39, 0.29) is 11.7 Å². The smallest absolute Gasteiger partial charge is 0.305 e. The molecule has 3 aromatic rings. The number of aromatic nitrogens is 2. The van der Waals surface area contributed by atoms with Crippen LogP contribution in [0.25, 0.3) is 11.3 Å². The first-order valence-corrected chi connectivity index (χ1v) is 10.2. The van der Waals surface area contributed by atoms with Gasteiger partial charge >= 0.3 is 5.69 Å². The lowest BCUT2D eigenvalue weighted by Crippen LogP contribution is -2.37. The fourth-order valence-electron chi connectivity index (χ4n) is 4.34. The Bertz CT molecular complexity index is 1010. The van der Waals surface area contributed by atoms with Gasteiger partial charge in [0, 0.05) is 31.4 Å². The first-order chi connectivity index (χ1) is 13.5. The number of piperidine rings is 1. The summed E-state index contributed by atoms with van der Waals surface area (Å²) in [6.07, 6.45) is 2.02. The van der Waals surface area contributed by atoms with Crippen LogP contribution in [-0.4, -0.2) is 27.5 Å². The molecule has 0 atom stereocenters. The van der Waals surface area contributed by atoms with Crippen LogP contribution >= 0.6 is 0 Å². The molecular weight excluding hydrogens is 346 g/mol. The Morgan fingerprint density at radius 3 is 2.32 bits per heavy atom. The molecule has 0 amide bonds. The summed E-state index contributed by atoms with van der Waals surface area (Å²) in [6.45, 7) is 9.36. The van der Waals surface area contributed by atoms with Gasteiger partial charge in [-0.2, -0.15) is 0 Å². The van der Waals surface area contributed by atoms with Crippen molar-refractivity contribution in [2.45, 2.75) is 46.2 Å². The second-order valence-electron chi connectivity index (χ2n) is 8.06. The molecule has 2 heterocycles. The second kappa shape index (κ2) is 7.80. The minimum absolute atomic E-state index is 0.0189. The van der Waals surface area contributed by atoms with Crippen molar-refractivity contribution in [3.05, 3.63) is 81.4 Å². The third kappa shape index (κ3) is 3.69. The number of rotatable bonds is 4. The average molecular weight is 376 g/mol. The summed E-state index contributed by atoms with van der Waals surface area (Å²) in [6, 6.07) is 17.2. The third-order valence-corrected chi connectivity index (χ3v) is 6.09. The van der Waals surface area contributed by atoms with Crippen LogP contribution in [0, 0.1) is 20.8 Å². The quantitative estimate of drug-likeness (QED) is 0.724. The van der Waals surface area contributed by atoms with E-state index in [0.29, 0.717) is 0 Å². The van der Waals surface area contributed by atoms with Gasteiger partial charge in [-0.05, 0) is 50.3 Å². The molecule has 146 valence electrons. The molecule has 1 saturated heterocycles. The fourth-order valence-corrected chi connectivity index (χ4v) is 4.34. The highest BCUT2D eigenvalue weighted by molar-refractivity contribution is 5.62. The van der Waals surface area contributed by atoms with E-state index in [1.165, 1.54) is 16.7 Å². The van der Waals surface area contributed by atoms with Crippen molar-refractivity contribution in [1.82, 2.24) is 14.5 Å². The number of aromatic amines is 1. The number of hydrogen-bond donors (Lipinski definition) is 1. The Morgan fingerprint density at radius 2 is 1.64 bits per heavy atom. The van der Waals surface area contributed by atoms with Crippen LogP contribution in [0.2, 0.25) is 0 Å². The Morgan fingerprint density at radius 1 is 0.964 bits per heavy atom. The van der Waals surface area contributed by atoms with E-state index in [1.807, 2.05) is 4.57 Å². The van der Waals surface area contributed by atoms with Crippen LogP contribution in [0.4, 0.5) is 0 Å². The van der Waals surface area contributed by atoms with Crippen LogP contribution in [0.1, 0.15) is 41.3 Å². The molecule has 1 aromatic heterocycles. The lowest BCUT2D eigenvalue weighted by molar-refractivity contribution is 0.177. The molecule has 4 nitrogen and oxygen atoms in total. The lowest BCUT2D eigenvalue weighted by Gasteiger charge is -2.33. The molecule has 0 spiro atoms. The fraction of sp³-hybridized carbons (Fsp3) is 0.375. The number of H-pyrrole nitrogens is 1. The van der Waals surface area contributed by atoms with Crippen molar-refractivity contribution < 1.29 is 0 Å². The topological polar surface area (TPSA) is 41.0 Å². The number of likely N-dealkylation sites (tertiary alicyclic amines) is 1. The Balaban J connectivity index is 1.48. The van der Waals surface area contributed by atoms with Crippen molar-refractivity contribution >= 4 is 0 Å². The van der Waals surface area contributed by atoms with Crippen molar-refractivity contribution in [3.63, 3.8) is 0 Å². The zero-order chi connectivity index (χ0) is 19.7. The van der Waals surface area contributed by atoms with Gasteiger partial charge in [0.2, 0.25) is 0 Å². The summed E-state index contributed by atoms with van der Waals surface area (Å²) >= 11 is 0. The third-order valence-electron chi connectivity index (χ3n) is 6.09. The van der Waals surface area contributed by atoms with Gasteiger partial charge in [-0.1, -0.05) is 54.1 Å². The molecule has 0 bridgehead atoms. The van der Waals surface area contributed by atoms with Crippen LogP contribution in [0.5, 0.6) is 0 Å². The summed E-state index contributed by atoms with van der Waals surface area (Å²) in [5.74, 6) is 0. The highest BCUT2D eigenvalue weighted by atomic mass is 16.1. The second-order valence-corrected chi connectivity index (χ2v) is 8.06. The maximum atomic E-state index is 12.7. The molecule has 0 radical (unpaired) electrons. The number of benzene rings is 2. The monoisotopic (exact) mass is 375 g/mol. The predicted octanol–water partition coefficient (Wildman–Crippen LogP) is 4.61. The van der Waals surface area contributed by atoms with E-state index in [1.54, 1.807) is 0 Å². The number of aryl methyl sites for hydroxylation is 2.